The Kier molecular flexibility index (Phi) is 8.56. The van der Waals surface area contributed by atoms with Crippen molar-refractivity contribution in [3.63, 3.8) is 0 Å². The summed E-state index contributed by atoms with van der Waals surface area (Å²) in [5.74, 6) is 0.521. The van der Waals surface area contributed by atoms with Crippen LogP contribution >= 0.6 is 0 Å². The minimum Gasteiger partial charge on any atom is -0.449 e. The first-order valence-electron chi connectivity index (χ1n) is 8.20. The fourth-order valence-electron chi connectivity index (χ4n) is 2.61. The van der Waals surface area contributed by atoms with E-state index in [1.54, 1.807) is 6.07 Å². The molecule has 0 atom stereocenters. The Morgan fingerprint density at radius 3 is 2.33 bits per heavy atom. The van der Waals surface area contributed by atoms with E-state index in [9.17, 15) is 4.79 Å². The van der Waals surface area contributed by atoms with Gasteiger partial charge in [0.1, 0.15) is 5.75 Å². The summed E-state index contributed by atoms with van der Waals surface area (Å²) in [5, 5.41) is 8.88. The van der Waals surface area contributed by atoms with Crippen LogP contribution in [-0.4, -0.2) is 11.3 Å². The molecule has 0 spiro atoms. The lowest BCUT2D eigenvalue weighted by molar-refractivity contribution is 0.144. The highest BCUT2D eigenvalue weighted by molar-refractivity contribution is 5.62. The summed E-state index contributed by atoms with van der Waals surface area (Å²) in [4.78, 5) is 10.8. The molecule has 0 saturated heterocycles. The summed E-state index contributed by atoms with van der Waals surface area (Å²) in [6, 6.07) is 5.78. The third-order valence-corrected chi connectivity index (χ3v) is 3.76. The Bertz CT molecular complexity index is 426. The van der Waals surface area contributed by atoms with Crippen LogP contribution in [0.15, 0.2) is 18.2 Å². The molecule has 0 fully saturated rings. The molecular weight excluding hydrogens is 264 g/mol. The third kappa shape index (κ3) is 6.65. The summed E-state index contributed by atoms with van der Waals surface area (Å²) in [7, 11) is 0. The number of rotatable bonds is 10. The van der Waals surface area contributed by atoms with E-state index in [1.165, 1.54) is 37.7 Å². The van der Waals surface area contributed by atoms with E-state index in [1.807, 2.05) is 6.07 Å². The van der Waals surface area contributed by atoms with Gasteiger partial charge in [-0.15, -0.1) is 0 Å². The van der Waals surface area contributed by atoms with Gasteiger partial charge in [0.25, 0.3) is 0 Å². The largest absolute Gasteiger partial charge is 0.511 e. The topological polar surface area (TPSA) is 46.5 Å². The van der Waals surface area contributed by atoms with Crippen LogP contribution in [0.25, 0.3) is 0 Å². The fraction of sp³-hybridized carbons (Fsp3) is 0.611. The minimum absolute atomic E-state index is 0.521. The minimum atomic E-state index is -1.23. The maximum absolute atomic E-state index is 10.8. The molecule has 0 saturated carbocycles. The molecule has 0 heterocycles. The molecule has 1 rings (SSSR count). The predicted molar refractivity (Wildman–Crippen MR) is 86.2 cm³/mol. The highest BCUT2D eigenvalue weighted by atomic mass is 16.7. The van der Waals surface area contributed by atoms with E-state index in [2.05, 4.69) is 19.9 Å². The number of benzene rings is 1. The van der Waals surface area contributed by atoms with E-state index in [-0.39, 0.29) is 0 Å². The van der Waals surface area contributed by atoms with Crippen molar-refractivity contribution in [1.29, 1.82) is 0 Å². The molecule has 1 N–H and O–H groups in total. The summed E-state index contributed by atoms with van der Waals surface area (Å²) in [6.07, 6.45) is 8.95. The van der Waals surface area contributed by atoms with Crippen molar-refractivity contribution < 1.29 is 14.6 Å². The molecule has 0 aliphatic rings. The van der Waals surface area contributed by atoms with E-state index < -0.39 is 6.16 Å². The highest BCUT2D eigenvalue weighted by Crippen LogP contribution is 2.26. The Morgan fingerprint density at radius 2 is 1.67 bits per heavy atom. The van der Waals surface area contributed by atoms with Crippen molar-refractivity contribution in [2.45, 2.75) is 71.6 Å². The summed E-state index contributed by atoms with van der Waals surface area (Å²) < 4.78 is 4.97. The van der Waals surface area contributed by atoms with Gasteiger partial charge in [0.15, 0.2) is 0 Å². The van der Waals surface area contributed by atoms with Crippen LogP contribution in [0.2, 0.25) is 0 Å². The van der Waals surface area contributed by atoms with Crippen molar-refractivity contribution in [2.75, 3.05) is 0 Å². The Hall–Kier alpha value is -1.51. The maximum Gasteiger partial charge on any atom is 0.511 e. The smallest absolute Gasteiger partial charge is 0.449 e. The van der Waals surface area contributed by atoms with Gasteiger partial charge in [0.05, 0.1) is 0 Å². The maximum atomic E-state index is 10.8. The molecule has 0 amide bonds. The summed E-state index contributed by atoms with van der Waals surface area (Å²) in [6.45, 7) is 4.38. The number of aryl methyl sites for hydroxylation is 1. The van der Waals surface area contributed by atoms with Crippen molar-refractivity contribution in [1.82, 2.24) is 0 Å². The van der Waals surface area contributed by atoms with Crippen LogP contribution in [-0.2, 0) is 12.8 Å². The fourth-order valence-corrected chi connectivity index (χ4v) is 2.61. The Balaban J connectivity index is 2.80. The second-order valence-electron chi connectivity index (χ2n) is 5.53. The van der Waals surface area contributed by atoms with Crippen LogP contribution in [0.1, 0.15) is 69.9 Å². The number of hydrogen-bond acceptors (Lipinski definition) is 2. The van der Waals surface area contributed by atoms with E-state index in [0.717, 1.165) is 31.2 Å². The molecular formula is C18H28O3. The van der Waals surface area contributed by atoms with E-state index >= 15 is 0 Å². The van der Waals surface area contributed by atoms with Crippen molar-refractivity contribution in [3.8, 4) is 5.75 Å². The number of ether oxygens (including phenoxy) is 1. The second-order valence-corrected chi connectivity index (χ2v) is 5.53. The quantitative estimate of drug-likeness (QED) is 0.347. The first-order chi connectivity index (χ1) is 10.2. The van der Waals surface area contributed by atoms with Gasteiger partial charge in [0, 0.05) is 0 Å². The second kappa shape index (κ2) is 10.3. The molecule has 0 radical (unpaired) electrons. The average molecular weight is 292 g/mol. The molecule has 0 bridgehead atoms. The molecule has 0 unspecified atom stereocenters. The molecule has 0 aliphatic heterocycles. The predicted octanol–water partition coefficient (Wildman–Crippen LogP) is 5.60. The summed E-state index contributed by atoms with van der Waals surface area (Å²) >= 11 is 0. The molecule has 3 nitrogen and oxygen atoms in total. The lowest BCUT2D eigenvalue weighted by Crippen LogP contribution is -2.07. The zero-order valence-corrected chi connectivity index (χ0v) is 13.4. The van der Waals surface area contributed by atoms with Crippen molar-refractivity contribution >= 4 is 6.16 Å². The SMILES string of the molecule is CCCCCCc1c(CCCCC)cccc1OC(=O)O. The number of hydrogen-bond donors (Lipinski definition) is 1. The van der Waals surface area contributed by atoms with Gasteiger partial charge in [-0.2, -0.15) is 0 Å². The standard InChI is InChI=1S/C18H28O3/c1-3-5-7-9-13-16-15(11-8-6-4-2)12-10-14-17(16)21-18(19)20/h10,12,14H,3-9,11,13H2,1-2H3,(H,19,20). The molecule has 21 heavy (non-hydrogen) atoms. The van der Waals surface area contributed by atoms with Gasteiger partial charge in [-0.1, -0.05) is 58.1 Å². The lowest BCUT2D eigenvalue weighted by atomic mass is 9.96. The van der Waals surface area contributed by atoms with Crippen LogP contribution in [0.5, 0.6) is 5.75 Å². The Labute approximate surface area is 128 Å². The third-order valence-electron chi connectivity index (χ3n) is 3.76. The Morgan fingerprint density at radius 1 is 1.00 bits per heavy atom. The zero-order chi connectivity index (χ0) is 15.5. The first-order valence-corrected chi connectivity index (χ1v) is 8.20. The molecule has 0 aromatic heterocycles. The van der Waals surface area contributed by atoms with Crippen molar-refractivity contribution in [2.24, 2.45) is 0 Å². The number of carboxylic acid groups (broad SMARTS) is 1. The number of carbonyl (C=O) groups is 1. The van der Waals surface area contributed by atoms with E-state index in [0.29, 0.717) is 5.75 Å². The van der Waals surface area contributed by atoms with Gasteiger partial charge in [0.2, 0.25) is 0 Å². The van der Waals surface area contributed by atoms with Gasteiger partial charge in [-0.3, -0.25) is 0 Å². The normalized spacial score (nSPS) is 10.6. The summed E-state index contributed by atoms with van der Waals surface area (Å²) in [5.41, 5.74) is 2.34. The average Bonchev–Trinajstić information content (AvgIpc) is 2.45. The van der Waals surface area contributed by atoms with Gasteiger partial charge in [-0.25, -0.2) is 4.79 Å². The van der Waals surface area contributed by atoms with Crippen LogP contribution in [0, 0.1) is 0 Å². The van der Waals surface area contributed by atoms with Gasteiger partial charge < -0.3 is 9.84 Å². The van der Waals surface area contributed by atoms with E-state index in [4.69, 9.17) is 9.84 Å². The molecule has 0 aliphatic carbocycles. The van der Waals surface area contributed by atoms with Crippen LogP contribution < -0.4 is 4.74 Å². The molecule has 1 aromatic carbocycles. The van der Waals surface area contributed by atoms with Gasteiger partial charge in [-0.05, 0) is 42.9 Å². The van der Waals surface area contributed by atoms with Gasteiger partial charge >= 0.3 is 6.16 Å². The zero-order valence-electron chi connectivity index (χ0n) is 13.4. The lowest BCUT2D eigenvalue weighted by Gasteiger charge is -2.13. The number of unbranched alkanes of at least 4 members (excludes halogenated alkanes) is 5. The monoisotopic (exact) mass is 292 g/mol. The van der Waals surface area contributed by atoms with Crippen LogP contribution in [0.4, 0.5) is 4.79 Å². The molecule has 1 aromatic rings. The first kappa shape index (κ1) is 17.5. The molecule has 3 heteroatoms. The molecule has 118 valence electrons. The van der Waals surface area contributed by atoms with Crippen molar-refractivity contribution in [3.05, 3.63) is 29.3 Å². The highest BCUT2D eigenvalue weighted by Gasteiger charge is 2.12. The van der Waals surface area contributed by atoms with Crippen LogP contribution in [0.3, 0.4) is 0 Å².